The predicted molar refractivity (Wildman–Crippen MR) is 124 cm³/mol. The number of para-hydroxylation sites is 2. The van der Waals surface area contributed by atoms with E-state index in [9.17, 15) is 0 Å². The lowest BCUT2D eigenvalue weighted by Crippen LogP contribution is -2.36. The number of aromatic nitrogens is 3. The number of hydrogen-bond acceptors (Lipinski definition) is 4. The summed E-state index contributed by atoms with van der Waals surface area (Å²) in [4.78, 5) is 14.6. The van der Waals surface area contributed by atoms with E-state index in [2.05, 4.69) is 67.4 Å². The molecule has 0 bridgehead atoms. The number of aliphatic imine (C=N–C) groups is 1. The molecule has 0 atom stereocenters. The zero-order valence-corrected chi connectivity index (χ0v) is 18.3. The van der Waals surface area contributed by atoms with Crippen LogP contribution in [0.4, 0.5) is 0 Å². The van der Waals surface area contributed by atoms with Gasteiger partial charge in [0.05, 0.1) is 29.6 Å². The normalized spacial score (nSPS) is 11.8. The molecule has 0 spiro atoms. The molecule has 2 aromatic carbocycles. The first-order valence-electron chi connectivity index (χ1n) is 9.97. The molecular weight excluding hydrogens is 392 g/mol. The molecule has 0 saturated carbocycles. The smallest absolute Gasteiger partial charge is 0.191 e. The highest BCUT2D eigenvalue weighted by Gasteiger charge is 2.06. The highest BCUT2D eigenvalue weighted by atomic mass is 32.1. The first kappa shape index (κ1) is 20.1. The molecule has 0 saturated heterocycles. The maximum Gasteiger partial charge on any atom is 0.191 e. The largest absolute Gasteiger partial charge is 0.352 e. The zero-order chi connectivity index (χ0) is 20.9. The van der Waals surface area contributed by atoms with Crippen LogP contribution in [0.1, 0.15) is 26.7 Å². The molecule has 154 valence electrons. The minimum Gasteiger partial charge on any atom is -0.352 e. The Hall–Kier alpha value is -3.19. The third kappa shape index (κ3) is 4.68. The molecule has 0 amide bonds. The monoisotopic (exact) mass is 418 g/mol. The Kier molecular flexibility index (Phi) is 6.09. The van der Waals surface area contributed by atoms with Crippen LogP contribution in [0.15, 0.2) is 59.9 Å². The number of imidazole rings is 1. The molecule has 2 N–H and O–H groups in total. The Bertz CT molecular complexity index is 1140. The summed E-state index contributed by atoms with van der Waals surface area (Å²) in [5.74, 6) is 0.773. The van der Waals surface area contributed by atoms with Crippen molar-refractivity contribution in [2.75, 3.05) is 7.05 Å². The minimum absolute atomic E-state index is 0.677. The van der Waals surface area contributed by atoms with Crippen molar-refractivity contribution in [2.24, 2.45) is 4.99 Å². The van der Waals surface area contributed by atoms with Gasteiger partial charge in [-0.3, -0.25) is 4.99 Å². The van der Waals surface area contributed by atoms with Crippen LogP contribution in [0.3, 0.4) is 0 Å². The van der Waals surface area contributed by atoms with E-state index in [1.165, 1.54) is 16.0 Å². The second-order valence-corrected chi connectivity index (χ2v) is 8.49. The SMILES string of the molecule is CN=C(NCc1ccc(Cn2cnc3ccccc32)cc1)NCc1nc(C)c(C)s1. The second kappa shape index (κ2) is 9.09. The molecule has 7 heteroatoms. The Morgan fingerprint density at radius 3 is 2.47 bits per heavy atom. The highest BCUT2D eigenvalue weighted by molar-refractivity contribution is 7.11. The van der Waals surface area contributed by atoms with E-state index in [0.717, 1.165) is 34.2 Å². The summed E-state index contributed by atoms with van der Waals surface area (Å²) in [5.41, 5.74) is 5.74. The zero-order valence-electron chi connectivity index (χ0n) is 17.5. The number of guanidine groups is 1. The van der Waals surface area contributed by atoms with Gasteiger partial charge in [-0.15, -0.1) is 11.3 Å². The fraction of sp³-hybridized carbons (Fsp3) is 0.261. The topological polar surface area (TPSA) is 67.1 Å². The van der Waals surface area contributed by atoms with Crippen LogP contribution in [-0.2, 0) is 19.6 Å². The lowest BCUT2D eigenvalue weighted by Gasteiger charge is -2.11. The molecular formula is C23H26N6S. The van der Waals surface area contributed by atoms with Crippen LogP contribution in [0.25, 0.3) is 11.0 Å². The van der Waals surface area contributed by atoms with E-state index in [1.54, 1.807) is 18.4 Å². The molecule has 0 aliphatic carbocycles. The highest BCUT2D eigenvalue weighted by Crippen LogP contribution is 2.16. The van der Waals surface area contributed by atoms with Crippen LogP contribution < -0.4 is 10.6 Å². The number of fused-ring (bicyclic) bond motifs is 1. The third-order valence-corrected chi connectivity index (χ3v) is 6.14. The van der Waals surface area contributed by atoms with Gasteiger partial charge in [-0.05, 0) is 37.1 Å². The number of aryl methyl sites for hydroxylation is 2. The van der Waals surface area contributed by atoms with Gasteiger partial charge in [0.1, 0.15) is 5.01 Å². The summed E-state index contributed by atoms with van der Waals surface area (Å²) in [6.45, 7) is 6.34. The maximum absolute atomic E-state index is 4.56. The van der Waals surface area contributed by atoms with Crippen molar-refractivity contribution in [2.45, 2.75) is 33.5 Å². The van der Waals surface area contributed by atoms with Crippen LogP contribution in [0.5, 0.6) is 0 Å². The molecule has 0 fully saturated rings. The lowest BCUT2D eigenvalue weighted by atomic mass is 10.1. The summed E-state index contributed by atoms with van der Waals surface area (Å²) < 4.78 is 2.18. The first-order chi connectivity index (χ1) is 14.6. The summed E-state index contributed by atoms with van der Waals surface area (Å²) in [6.07, 6.45) is 1.90. The number of rotatable bonds is 6. The number of nitrogens with one attached hydrogen (secondary N) is 2. The van der Waals surface area contributed by atoms with Crippen molar-refractivity contribution < 1.29 is 0 Å². The van der Waals surface area contributed by atoms with E-state index < -0.39 is 0 Å². The van der Waals surface area contributed by atoms with Crippen LogP contribution >= 0.6 is 11.3 Å². The summed E-state index contributed by atoms with van der Waals surface area (Å²) in [6, 6.07) is 16.9. The van der Waals surface area contributed by atoms with Crippen molar-refractivity contribution in [1.82, 2.24) is 25.2 Å². The molecule has 6 nitrogen and oxygen atoms in total. The molecule has 4 rings (SSSR count). The van der Waals surface area contributed by atoms with E-state index in [-0.39, 0.29) is 0 Å². The van der Waals surface area contributed by atoms with Crippen LogP contribution in [0, 0.1) is 13.8 Å². The van der Waals surface area contributed by atoms with E-state index in [4.69, 9.17) is 0 Å². The van der Waals surface area contributed by atoms with Gasteiger partial charge >= 0.3 is 0 Å². The van der Waals surface area contributed by atoms with Gasteiger partial charge in [-0.1, -0.05) is 36.4 Å². The number of benzene rings is 2. The summed E-state index contributed by atoms with van der Waals surface area (Å²) in [5, 5.41) is 7.77. The summed E-state index contributed by atoms with van der Waals surface area (Å²) >= 11 is 1.72. The van der Waals surface area contributed by atoms with Crippen molar-refractivity contribution in [3.63, 3.8) is 0 Å². The van der Waals surface area contributed by atoms with Crippen molar-refractivity contribution >= 4 is 28.3 Å². The van der Waals surface area contributed by atoms with Gasteiger partial charge in [-0.25, -0.2) is 9.97 Å². The van der Waals surface area contributed by atoms with Crippen LogP contribution in [0.2, 0.25) is 0 Å². The van der Waals surface area contributed by atoms with Gasteiger partial charge in [0.15, 0.2) is 5.96 Å². The lowest BCUT2D eigenvalue weighted by molar-refractivity contribution is 0.800. The summed E-state index contributed by atoms with van der Waals surface area (Å²) in [7, 11) is 1.78. The first-order valence-corrected chi connectivity index (χ1v) is 10.8. The molecule has 0 unspecified atom stereocenters. The number of hydrogen-bond donors (Lipinski definition) is 2. The average molecular weight is 419 g/mol. The van der Waals surface area contributed by atoms with E-state index in [0.29, 0.717) is 13.1 Å². The fourth-order valence-corrected chi connectivity index (χ4v) is 4.15. The van der Waals surface area contributed by atoms with Gasteiger partial charge in [0.25, 0.3) is 0 Å². The molecule has 30 heavy (non-hydrogen) atoms. The molecule has 4 aromatic rings. The van der Waals surface area contributed by atoms with Gasteiger partial charge in [0, 0.05) is 25.0 Å². The number of nitrogens with zero attached hydrogens (tertiary/aromatic N) is 4. The minimum atomic E-state index is 0.677. The molecule has 0 radical (unpaired) electrons. The maximum atomic E-state index is 4.56. The average Bonchev–Trinajstić information content (AvgIpc) is 3.32. The fourth-order valence-electron chi connectivity index (χ4n) is 3.28. The number of thiazole rings is 1. The molecule has 2 aromatic heterocycles. The Morgan fingerprint density at radius 2 is 1.73 bits per heavy atom. The van der Waals surface area contributed by atoms with E-state index in [1.807, 2.05) is 31.5 Å². The van der Waals surface area contributed by atoms with Crippen molar-refractivity contribution in [3.05, 3.63) is 81.6 Å². The van der Waals surface area contributed by atoms with Crippen LogP contribution in [-0.4, -0.2) is 27.5 Å². The Balaban J connectivity index is 1.31. The van der Waals surface area contributed by atoms with Gasteiger partial charge in [0.2, 0.25) is 0 Å². The molecule has 2 heterocycles. The molecule has 0 aliphatic rings. The quantitative estimate of drug-likeness (QED) is 0.367. The second-order valence-electron chi connectivity index (χ2n) is 7.21. The van der Waals surface area contributed by atoms with E-state index >= 15 is 0 Å². The van der Waals surface area contributed by atoms with Crippen molar-refractivity contribution in [3.8, 4) is 0 Å². The molecule has 0 aliphatic heterocycles. The van der Waals surface area contributed by atoms with Gasteiger partial charge in [-0.2, -0.15) is 0 Å². The predicted octanol–water partition coefficient (Wildman–Crippen LogP) is 4.02. The Morgan fingerprint density at radius 1 is 1.00 bits per heavy atom. The standard InChI is InChI=1S/C23H26N6S/c1-16-17(2)30-22(28-16)13-26-23(24-3)25-12-18-8-10-19(11-9-18)14-29-15-27-20-6-4-5-7-21(20)29/h4-11,15H,12-14H2,1-3H3,(H2,24,25,26). The van der Waals surface area contributed by atoms with Crippen molar-refractivity contribution in [1.29, 1.82) is 0 Å². The third-order valence-electron chi connectivity index (χ3n) is 5.07. The van der Waals surface area contributed by atoms with Gasteiger partial charge < -0.3 is 15.2 Å². The Labute approximate surface area is 180 Å².